The Bertz CT molecular complexity index is 691. The van der Waals surface area contributed by atoms with Crippen molar-refractivity contribution in [1.82, 2.24) is 20.2 Å². The predicted octanol–water partition coefficient (Wildman–Crippen LogP) is 2.18. The first kappa shape index (κ1) is 17.7. The minimum Gasteiger partial charge on any atom is -0.352 e. The minimum atomic E-state index is -0.964. The molecule has 0 spiro atoms. The minimum absolute atomic E-state index is 0.185. The van der Waals surface area contributed by atoms with Crippen LogP contribution in [0.5, 0.6) is 0 Å². The van der Waals surface area contributed by atoms with Crippen molar-refractivity contribution >= 4 is 17.5 Å². The average Bonchev–Trinajstić information content (AvgIpc) is 2.55. The number of hydrogen-bond acceptors (Lipinski definition) is 5. The van der Waals surface area contributed by atoms with Crippen molar-refractivity contribution in [3.05, 3.63) is 47.8 Å². The Balaban J connectivity index is 1.90. The van der Waals surface area contributed by atoms with E-state index in [1.54, 1.807) is 0 Å². The van der Waals surface area contributed by atoms with Gasteiger partial charge in [0.15, 0.2) is 11.6 Å². The lowest BCUT2D eigenvalue weighted by Gasteiger charge is -2.10. The van der Waals surface area contributed by atoms with Gasteiger partial charge in [-0.3, -0.25) is 4.79 Å². The van der Waals surface area contributed by atoms with Crippen molar-refractivity contribution in [1.29, 1.82) is 0 Å². The third kappa shape index (κ3) is 5.24. The lowest BCUT2D eigenvalue weighted by Crippen LogP contribution is -2.27. The molecular formula is C16H19F2N5O. The summed E-state index contributed by atoms with van der Waals surface area (Å²) >= 11 is 0. The van der Waals surface area contributed by atoms with Gasteiger partial charge in [0.1, 0.15) is 0 Å². The van der Waals surface area contributed by atoms with Gasteiger partial charge in [0.25, 0.3) is 5.91 Å². The first-order valence-electron chi connectivity index (χ1n) is 7.43. The Labute approximate surface area is 138 Å². The van der Waals surface area contributed by atoms with Crippen molar-refractivity contribution in [2.45, 2.75) is 6.42 Å². The van der Waals surface area contributed by atoms with E-state index in [1.807, 2.05) is 19.0 Å². The summed E-state index contributed by atoms with van der Waals surface area (Å²) in [6.45, 7) is 1.44. The van der Waals surface area contributed by atoms with Crippen molar-refractivity contribution in [2.24, 2.45) is 0 Å². The first-order chi connectivity index (χ1) is 11.5. The summed E-state index contributed by atoms with van der Waals surface area (Å²) in [6.07, 6.45) is 3.59. The van der Waals surface area contributed by atoms with Gasteiger partial charge in [-0.05, 0) is 39.2 Å². The molecule has 2 aromatic rings. The highest BCUT2D eigenvalue weighted by atomic mass is 19.2. The van der Waals surface area contributed by atoms with Crippen LogP contribution in [0.15, 0.2) is 30.6 Å². The molecule has 1 amide bonds. The number of amides is 1. The van der Waals surface area contributed by atoms with Crippen molar-refractivity contribution < 1.29 is 13.6 Å². The predicted molar refractivity (Wildman–Crippen MR) is 87.2 cm³/mol. The van der Waals surface area contributed by atoms with Gasteiger partial charge in [0.05, 0.1) is 5.56 Å². The van der Waals surface area contributed by atoms with Gasteiger partial charge in [-0.2, -0.15) is 0 Å². The normalized spacial score (nSPS) is 10.7. The van der Waals surface area contributed by atoms with Crippen LogP contribution in [-0.4, -0.2) is 48.0 Å². The van der Waals surface area contributed by atoms with Crippen molar-refractivity contribution in [3.63, 3.8) is 0 Å². The Kier molecular flexibility index (Phi) is 6.14. The van der Waals surface area contributed by atoms with Crippen LogP contribution in [0.1, 0.15) is 16.8 Å². The van der Waals surface area contributed by atoms with Crippen molar-refractivity contribution in [3.8, 4) is 0 Å². The Morgan fingerprint density at radius 2 is 1.88 bits per heavy atom. The zero-order valence-corrected chi connectivity index (χ0v) is 13.5. The molecule has 2 N–H and O–H groups in total. The number of carbonyl (C=O) groups is 1. The van der Waals surface area contributed by atoms with Crippen LogP contribution >= 0.6 is 0 Å². The summed E-state index contributed by atoms with van der Waals surface area (Å²) in [7, 11) is 3.93. The maximum Gasteiger partial charge on any atom is 0.254 e. The van der Waals surface area contributed by atoms with Gasteiger partial charge in [-0.1, -0.05) is 0 Å². The topological polar surface area (TPSA) is 70.2 Å². The lowest BCUT2D eigenvalue weighted by molar-refractivity contribution is 0.0951. The van der Waals surface area contributed by atoms with Gasteiger partial charge in [0.2, 0.25) is 5.95 Å². The van der Waals surface area contributed by atoms with Crippen LogP contribution in [0.2, 0.25) is 0 Å². The van der Waals surface area contributed by atoms with Crippen LogP contribution in [0.3, 0.4) is 0 Å². The molecule has 0 bridgehead atoms. The van der Waals surface area contributed by atoms with Crippen LogP contribution in [0.4, 0.5) is 20.4 Å². The molecule has 2 rings (SSSR count). The summed E-state index contributed by atoms with van der Waals surface area (Å²) in [4.78, 5) is 22.0. The van der Waals surface area contributed by atoms with E-state index in [0.717, 1.165) is 25.1 Å². The SMILES string of the molecule is CN(C)CCCNC(=O)c1cnc(Nc2ccc(F)c(F)c2)nc1. The molecule has 0 saturated heterocycles. The number of hydrogen-bond donors (Lipinski definition) is 2. The number of rotatable bonds is 7. The number of aromatic nitrogens is 2. The number of nitrogens with zero attached hydrogens (tertiary/aromatic N) is 3. The molecule has 0 aliphatic rings. The molecule has 0 unspecified atom stereocenters. The molecule has 1 aromatic heterocycles. The fourth-order valence-electron chi connectivity index (χ4n) is 1.91. The first-order valence-corrected chi connectivity index (χ1v) is 7.43. The Morgan fingerprint density at radius 3 is 2.50 bits per heavy atom. The van der Waals surface area contributed by atoms with Crippen molar-refractivity contribution in [2.75, 3.05) is 32.5 Å². The number of nitrogens with one attached hydrogen (secondary N) is 2. The molecule has 0 fully saturated rings. The highest BCUT2D eigenvalue weighted by molar-refractivity contribution is 5.93. The largest absolute Gasteiger partial charge is 0.352 e. The summed E-state index contributed by atoms with van der Waals surface area (Å²) in [6, 6.07) is 3.38. The third-order valence-electron chi connectivity index (χ3n) is 3.16. The van der Waals surface area contributed by atoms with Crippen LogP contribution < -0.4 is 10.6 Å². The molecular weight excluding hydrogens is 316 g/mol. The zero-order chi connectivity index (χ0) is 17.5. The molecule has 6 nitrogen and oxygen atoms in total. The Hall–Kier alpha value is -2.61. The van der Waals surface area contributed by atoms with Gasteiger partial charge in [0, 0.05) is 30.7 Å². The average molecular weight is 335 g/mol. The molecule has 0 atom stereocenters. The second-order valence-corrected chi connectivity index (χ2v) is 5.46. The van der Waals surface area contributed by atoms with E-state index in [1.165, 1.54) is 18.5 Å². The van der Waals surface area contributed by atoms with E-state index in [-0.39, 0.29) is 11.9 Å². The molecule has 0 radical (unpaired) electrons. The third-order valence-corrected chi connectivity index (χ3v) is 3.16. The zero-order valence-electron chi connectivity index (χ0n) is 13.5. The number of halogens is 2. The maximum atomic E-state index is 13.1. The van der Waals surface area contributed by atoms with E-state index in [0.29, 0.717) is 17.8 Å². The quantitative estimate of drug-likeness (QED) is 0.759. The molecule has 0 saturated carbocycles. The molecule has 24 heavy (non-hydrogen) atoms. The molecule has 0 aliphatic heterocycles. The standard InChI is InChI=1S/C16H19F2N5O/c1-23(2)7-3-6-19-15(24)11-9-20-16(21-10-11)22-12-4-5-13(17)14(18)8-12/h4-5,8-10H,3,6-7H2,1-2H3,(H,19,24)(H,20,21,22). The van der Waals surface area contributed by atoms with E-state index < -0.39 is 11.6 Å². The lowest BCUT2D eigenvalue weighted by atomic mass is 10.3. The second-order valence-electron chi connectivity index (χ2n) is 5.46. The molecule has 8 heteroatoms. The fraction of sp³-hybridized carbons (Fsp3) is 0.312. The van der Waals surface area contributed by atoms with Crippen LogP contribution in [-0.2, 0) is 0 Å². The Morgan fingerprint density at radius 1 is 1.17 bits per heavy atom. The molecule has 1 heterocycles. The van der Waals surface area contributed by atoms with E-state index in [2.05, 4.69) is 20.6 Å². The molecule has 128 valence electrons. The summed E-state index contributed by atoms with van der Waals surface area (Å²) < 4.78 is 26.0. The van der Waals surface area contributed by atoms with Gasteiger partial charge >= 0.3 is 0 Å². The molecule has 0 aliphatic carbocycles. The smallest absolute Gasteiger partial charge is 0.254 e. The van der Waals surface area contributed by atoms with Gasteiger partial charge in [-0.25, -0.2) is 18.7 Å². The summed E-state index contributed by atoms with van der Waals surface area (Å²) in [5.41, 5.74) is 0.644. The molecule has 1 aromatic carbocycles. The van der Waals surface area contributed by atoms with Crippen LogP contribution in [0, 0.1) is 11.6 Å². The van der Waals surface area contributed by atoms with Gasteiger partial charge in [-0.15, -0.1) is 0 Å². The highest BCUT2D eigenvalue weighted by Crippen LogP contribution is 2.16. The number of benzene rings is 1. The second kappa shape index (κ2) is 8.30. The number of carbonyl (C=O) groups excluding carboxylic acids is 1. The number of anilines is 2. The summed E-state index contributed by atoms with van der Waals surface area (Å²) in [5.74, 6) is -1.96. The maximum absolute atomic E-state index is 13.1. The van der Waals surface area contributed by atoms with E-state index in [9.17, 15) is 13.6 Å². The van der Waals surface area contributed by atoms with E-state index >= 15 is 0 Å². The van der Waals surface area contributed by atoms with Gasteiger partial charge < -0.3 is 15.5 Å². The summed E-state index contributed by atoms with van der Waals surface area (Å²) in [5, 5.41) is 5.52. The fourth-order valence-corrected chi connectivity index (χ4v) is 1.91. The monoisotopic (exact) mass is 335 g/mol. The van der Waals surface area contributed by atoms with Crippen LogP contribution in [0.25, 0.3) is 0 Å². The highest BCUT2D eigenvalue weighted by Gasteiger charge is 2.08. The van der Waals surface area contributed by atoms with E-state index in [4.69, 9.17) is 0 Å².